The van der Waals surface area contributed by atoms with Gasteiger partial charge in [-0.25, -0.2) is 4.98 Å². The van der Waals surface area contributed by atoms with Gasteiger partial charge in [0.05, 0.1) is 33.5 Å². The number of nitro groups is 1. The number of para-hydroxylation sites is 2. The van der Waals surface area contributed by atoms with Crippen LogP contribution in [0.1, 0.15) is 6.42 Å². The van der Waals surface area contributed by atoms with Gasteiger partial charge < -0.3 is 9.72 Å². The van der Waals surface area contributed by atoms with Crippen LogP contribution in [0.15, 0.2) is 64.2 Å². The minimum Gasteiger partial charge on any atom is -0.487 e. The lowest BCUT2D eigenvalue weighted by Gasteiger charge is -2.19. The molecule has 2 aromatic heterocycles. The molecule has 0 aliphatic carbocycles. The number of aromatic amines is 2. The van der Waals surface area contributed by atoms with E-state index in [-0.39, 0.29) is 23.0 Å². The fourth-order valence-corrected chi connectivity index (χ4v) is 5.52. The monoisotopic (exact) mass is 510 g/mol. The Hall–Kier alpha value is -4.77. The second-order valence-electron chi connectivity index (χ2n) is 9.69. The van der Waals surface area contributed by atoms with Gasteiger partial charge >= 0.3 is 0 Å². The molecule has 6 bridgehead atoms. The van der Waals surface area contributed by atoms with E-state index in [0.29, 0.717) is 64.0 Å². The lowest BCUT2D eigenvalue weighted by atomic mass is 10.0. The topological polar surface area (TPSA) is 139 Å². The zero-order chi connectivity index (χ0) is 26.0. The van der Waals surface area contributed by atoms with E-state index >= 15 is 0 Å². The summed E-state index contributed by atoms with van der Waals surface area (Å²) in [5.74, 6) is 0.440. The van der Waals surface area contributed by atoms with Crippen LogP contribution in [-0.4, -0.2) is 55.3 Å². The lowest BCUT2D eigenvalue weighted by molar-refractivity contribution is -0.384. The molecule has 4 heterocycles. The van der Waals surface area contributed by atoms with Gasteiger partial charge in [-0.3, -0.25) is 34.4 Å². The van der Waals surface area contributed by atoms with E-state index in [9.17, 15) is 19.7 Å². The molecular weight excluding hydrogens is 488 g/mol. The fraction of sp³-hybridized carbons (Fsp3) is 0.222. The molecule has 11 heteroatoms. The van der Waals surface area contributed by atoms with E-state index in [2.05, 4.69) is 15.0 Å². The molecule has 2 atom stereocenters. The molecule has 3 aromatic carbocycles. The summed E-state index contributed by atoms with van der Waals surface area (Å²) < 4.78 is 8.05. The molecule has 0 spiro atoms. The summed E-state index contributed by atoms with van der Waals surface area (Å²) in [5.41, 5.74) is 2.40. The number of nitrogens with zero attached hydrogens (tertiary/aromatic N) is 4. The molecule has 2 N–H and O–H groups in total. The van der Waals surface area contributed by atoms with Crippen molar-refractivity contribution in [3.05, 3.63) is 85.4 Å². The second kappa shape index (κ2) is 8.38. The molecule has 190 valence electrons. The molecule has 2 aliphatic heterocycles. The third-order valence-electron chi connectivity index (χ3n) is 7.38. The number of rotatable bonds is 2. The Labute approximate surface area is 214 Å². The molecule has 11 nitrogen and oxygen atoms in total. The van der Waals surface area contributed by atoms with Crippen molar-refractivity contribution in [3.63, 3.8) is 0 Å². The van der Waals surface area contributed by atoms with Crippen molar-refractivity contribution in [1.82, 2.24) is 24.6 Å². The van der Waals surface area contributed by atoms with Crippen LogP contribution >= 0.6 is 0 Å². The van der Waals surface area contributed by atoms with Crippen LogP contribution in [0.25, 0.3) is 44.3 Å². The normalized spacial score (nSPS) is 18.6. The van der Waals surface area contributed by atoms with Crippen molar-refractivity contribution >= 4 is 27.6 Å². The van der Waals surface area contributed by atoms with Gasteiger partial charge in [0.25, 0.3) is 16.8 Å². The standard InChI is InChI=1S/C27H22N6O5/c34-26-24-18-5-3-6-19-23(18)30-32(27(19)35)11-10-31-9-8-16(14-31)38-22-13-15(12-20(28-26)25(22)29-24)17-4-1-2-7-21(17)33(36)37/h1-7,12-13,16,30H,8-11,14H2,(H,28,34)/t16-/m0/s1. The minimum atomic E-state index is -0.441. The number of hydrogen-bond donors (Lipinski definition) is 2. The molecule has 2 aliphatic rings. The number of benzene rings is 3. The molecule has 5 aromatic rings. The largest absolute Gasteiger partial charge is 0.487 e. The Bertz CT molecular complexity index is 1890. The van der Waals surface area contributed by atoms with E-state index in [0.717, 1.165) is 13.0 Å². The third-order valence-corrected chi connectivity index (χ3v) is 7.38. The van der Waals surface area contributed by atoms with Crippen LogP contribution in [-0.2, 0) is 6.54 Å². The van der Waals surface area contributed by atoms with Crippen LogP contribution < -0.4 is 15.9 Å². The molecule has 1 fully saturated rings. The van der Waals surface area contributed by atoms with E-state index in [1.165, 1.54) is 6.07 Å². The van der Waals surface area contributed by atoms with Crippen molar-refractivity contribution in [1.29, 1.82) is 0 Å². The first-order valence-corrected chi connectivity index (χ1v) is 12.4. The first kappa shape index (κ1) is 22.4. The van der Waals surface area contributed by atoms with Crippen LogP contribution in [0.2, 0.25) is 0 Å². The molecule has 1 unspecified atom stereocenters. The maximum atomic E-state index is 13.4. The fourth-order valence-electron chi connectivity index (χ4n) is 5.52. The smallest absolute Gasteiger partial charge is 0.277 e. The van der Waals surface area contributed by atoms with Crippen LogP contribution in [0.3, 0.4) is 0 Å². The van der Waals surface area contributed by atoms with Gasteiger partial charge in [0.1, 0.15) is 23.1 Å². The Morgan fingerprint density at radius 1 is 1.03 bits per heavy atom. The molecule has 0 amide bonds. The molecule has 0 saturated carbocycles. The third kappa shape index (κ3) is 3.51. The van der Waals surface area contributed by atoms with Crippen molar-refractivity contribution < 1.29 is 9.66 Å². The summed E-state index contributed by atoms with van der Waals surface area (Å²) in [4.78, 5) is 47.6. The van der Waals surface area contributed by atoms with Crippen LogP contribution in [0.5, 0.6) is 5.75 Å². The van der Waals surface area contributed by atoms with Crippen molar-refractivity contribution in [3.8, 4) is 28.1 Å². The van der Waals surface area contributed by atoms with Gasteiger partial charge in [-0.15, -0.1) is 0 Å². The highest BCUT2D eigenvalue weighted by Gasteiger charge is 2.27. The van der Waals surface area contributed by atoms with Gasteiger partial charge in [0.15, 0.2) is 0 Å². The maximum absolute atomic E-state index is 13.4. The van der Waals surface area contributed by atoms with Crippen molar-refractivity contribution in [2.24, 2.45) is 0 Å². The average molecular weight is 511 g/mol. The van der Waals surface area contributed by atoms with E-state index < -0.39 is 10.5 Å². The van der Waals surface area contributed by atoms with Gasteiger partial charge in [-0.05, 0) is 36.2 Å². The summed E-state index contributed by atoms with van der Waals surface area (Å²) >= 11 is 0. The molecule has 0 radical (unpaired) electrons. The van der Waals surface area contributed by atoms with Crippen LogP contribution in [0.4, 0.5) is 5.69 Å². The van der Waals surface area contributed by atoms with Gasteiger partial charge in [-0.2, -0.15) is 0 Å². The number of hydrogen-bond acceptors (Lipinski definition) is 7. The van der Waals surface area contributed by atoms with Gasteiger partial charge in [0.2, 0.25) is 0 Å². The van der Waals surface area contributed by atoms with Crippen molar-refractivity contribution in [2.75, 3.05) is 19.6 Å². The summed E-state index contributed by atoms with van der Waals surface area (Å²) in [6.45, 7) is 2.61. The summed E-state index contributed by atoms with van der Waals surface area (Å²) in [6, 6.07) is 15.1. The van der Waals surface area contributed by atoms with Gasteiger partial charge in [-0.1, -0.05) is 24.3 Å². The number of aromatic nitrogens is 4. The molecule has 7 rings (SSSR count). The number of nitrogens with one attached hydrogen (secondary N) is 2. The maximum Gasteiger partial charge on any atom is 0.277 e. The Kier molecular flexibility index (Phi) is 4.95. The Balaban J connectivity index is 1.52. The number of ether oxygens (including phenoxy) is 1. The SMILES string of the molecule is O=c1[nH]c2cc(-c3ccccc3[N+](=O)[O-])cc3c2nc1-c1cccc2c(=O)n([nH]c12)CCN1CC[C@@H](C1)O3. The summed E-state index contributed by atoms with van der Waals surface area (Å²) in [7, 11) is 0. The molecule has 38 heavy (non-hydrogen) atoms. The number of nitro benzene ring substituents is 1. The van der Waals surface area contributed by atoms with E-state index in [1.807, 2.05) is 0 Å². The minimum absolute atomic E-state index is 0.0425. The van der Waals surface area contributed by atoms with E-state index in [4.69, 9.17) is 9.72 Å². The first-order valence-electron chi connectivity index (χ1n) is 12.4. The highest BCUT2D eigenvalue weighted by molar-refractivity contribution is 5.95. The highest BCUT2D eigenvalue weighted by atomic mass is 16.6. The van der Waals surface area contributed by atoms with Gasteiger partial charge in [0, 0.05) is 31.3 Å². The molecular formula is C27H22N6O5. The first-order chi connectivity index (χ1) is 18.5. The summed E-state index contributed by atoms with van der Waals surface area (Å²) in [5, 5.41) is 15.4. The Morgan fingerprint density at radius 2 is 1.87 bits per heavy atom. The number of H-pyrrole nitrogens is 2. The zero-order valence-corrected chi connectivity index (χ0v) is 20.1. The zero-order valence-electron chi connectivity index (χ0n) is 20.1. The second-order valence-corrected chi connectivity index (χ2v) is 9.69. The van der Waals surface area contributed by atoms with Crippen molar-refractivity contribution in [2.45, 2.75) is 19.1 Å². The number of fused-ring (bicyclic) bond motifs is 5. The lowest BCUT2D eigenvalue weighted by Crippen LogP contribution is -2.30. The predicted octanol–water partition coefficient (Wildman–Crippen LogP) is 3.28. The quantitative estimate of drug-likeness (QED) is 0.274. The Morgan fingerprint density at radius 3 is 2.74 bits per heavy atom. The molecule has 1 saturated heterocycles. The summed E-state index contributed by atoms with van der Waals surface area (Å²) in [6.07, 6.45) is 0.635. The average Bonchev–Trinajstić information content (AvgIpc) is 3.50. The highest BCUT2D eigenvalue weighted by Crippen LogP contribution is 2.37. The van der Waals surface area contributed by atoms with E-state index in [1.54, 1.807) is 53.2 Å². The predicted molar refractivity (Wildman–Crippen MR) is 141 cm³/mol. The van der Waals surface area contributed by atoms with Crippen LogP contribution in [0, 0.1) is 10.1 Å².